The van der Waals surface area contributed by atoms with Gasteiger partial charge in [0.1, 0.15) is 6.10 Å². The highest BCUT2D eigenvalue weighted by Crippen LogP contribution is 2.23. The van der Waals surface area contributed by atoms with E-state index < -0.39 is 6.10 Å². The summed E-state index contributed by atoms with van der Waals surface area (Å²) in [7, 11) is 1.83. The van der Waals surface area contributed by atoms with Crippen LogP contribution in [0.15, 0.2) is 24.4 Å². The molecule has 0 unspecified atom stereocenters. The molecule has 4 heterocycles. The predicted molar refractivity (Wildman–Crippen MR) is 105 cm³/mol. The van der Waals surface area contributed by atoms with Gasteiger partial charge in [0.05, 0.1) is 22.8 Å². The molecule has 1 aliphatic rings. The monoisotopic (exact) mass is 383 g/mol. The van der Waals surface area contributed by atoms with E-state index in [0.29, 0.717) is 11.6 Å². The molecule has 0 aromatic carbocycles. The Morgan fingerprint density at radius 3 is 2.86 bits per heavy atom. The number of hydrogen-bond donors (Lipinski definition) is 2. The third-order valence-electron chi connectivity index (χ3n) is 5.23. The number of H-pyrrole nitrogens is 1. The fourth-order valence-electron chi connectivity index (χ4n) is 3.88. The van der Waals surface area contributed by atoms with Gasteiger partial charge in [0, 0.05) is 45.1 Å². The van der Waals surface area contributed by atoms with Crippen LogP contribution < -0.4 is 0 Å². The van der Waals surface area contributed by atoms with Crippen LogP contribution in [0.4, 0.5) is 0 Å². The smallest absolute Gasteiger partial charge is 0.139 e. The zero-order chi connectivity index (χ0) is 19.7. The summed E-state index contributed by atoms with van der Waals surface area (Å²) in [6, 6.07) is 6.03. The van der Waals surface area contributed by atoms with Gasteiger partial charge in [-0.3, -0.25) is 19.4 Å². The van der Waals surface area contributed by atoms with Crippen molar-refractivity contribution in [2.45, 2.75) is 52.4 Å². The van der Waals surface area contributed by atoms with E-state index in [1.54, 1.807) is 10.9 Å². The third-order valence-corrected chi connectivity index (χ3v) is 5.23. The summed E-state index contributed by atoms with van der Waals surface area (Å²) in [6.45, 7) is 7.95. The fraction of sp³-hybridized carbons (Fsp3) is 0.550. The van der Waals surface area contributed by atoms with Crippen LogP contribution in [0.3, 0.4) is 0 Å². The molecule has 0 radical (unpaired) electrons. The Bertz CT molecular complexity index is 923. The molecule has 2 N–H and O–H groups in total. The minimum absolute atomic E-state index is 0.605. The number of rotatable bonds is 6. The van der Waals surface area contributed by atoms with Gasteiger partial charge in [-0.25, -0.2) is 0 Å². The first-order chi connectivity index (χ1) is 13.5. The Balaban J connectivity index is 1.47. The number of nitrogens with zero attached hydrogens (tertiary/aromatic N) is 6. The maximum Gasteiger partial charge on any atom is 0.139 e. The number of aliphatic hydroxyl groups is 1. The first kappa shape index (κ1) is 18.9. The molecule has 28 heavy (non-hydrogen) atoms. The molecule has 0 aliphatic carbocycles. The van der Waals surface area contributed by atoms with Crippen LogP contribution in [0.1, 0.15) is 54.8 Å². The van der Waals surface area contributed by atoms with Gasteiger partial charge >= 0.3 is 0 Å². The molecule has 150 valence electrons. The van der Waals surface area contributed by atoms with Gasteiger partial charge in [-0.15, -0.1) is 0 Å². The lowest BCUT2D eigenvalue weighted by atomic mass is 10.1. The Kier molecular flexibility index (Phi) is 5.32. The molecule has 8 nitrogen and oxygen atoms in total. The van der Waals surface area contributed by atoms with Gasteiger partial charge in [0.2, 0.25) is 0 Å². The number of aromatic amines is 1. The molecule has 0 fully saturated rings. The van der Waals surface area contributed by atoms with Crippen molar-refractivity contribution >= 4 is 0 Å². The van der Waals surface area contributed by atoms with E-state index in [1.165, 1.54) is 0 Å². The van der Waals surface area contributed by atoms with Crippen molar-refractivity contribution in [3.05, 3.63) is 52.9 Å². The second-order valence-corrected chi connectivity index (χ2v) is 8.11. The molecule has 3 aromatic heterocycles. The number of nitrogens with one attached hydrogen (secondary N) is 1. The molecule has 8 heteroatoms. The largest absolute Gasteiger partial charge is 0.380 e. The predicted octanol–water partition coefficient (Wildman–Crippen LogP) is 2.03. The molecule has 1 atom stereocenters. The van der Waals surface area contributed by atoms with Crippen molar-refractivity contribution < 1.29 is 5.11 Å². The van der Waals surface area contributed by atoms with Gasteiger partial charge in [-0.05, 0) is 37.0 Å². The maximum absolute atomic E-state index is 10.7. The summed E-state index contributed by atoms with van der Waals surface area (Å²) < 4.78 is 3.72. The van der Waals surface area contributed by atoms with Crippen LogP contribution >= 0.6 is 0 Å². The average molecular weight is 384 g/mol. The van der Waals surface area contributed by atoms with Crippen LogP contribution in [-0.2, 0) is 33.1 Å². The number of aromatic nitrogens is 6. The number of hydrogen-bond acceptors (Lipinski definition) is 5. The van der Waals surface area contributed by atoms with Crippen LogP contribution in [0.2, 0.25) is 0 Å². The van der Waals surface area contributed by atoms with Crippen molar-refractivity contribution in [2.75, 3.05) is 6.54 Å². The summed E-state index contributed by atoms with van der Waals surface area (Å²) in [4.78, 5) is 2.41. The standard InChI is InChI=1S/C20H29N7O/c1-14(2)9-15-10-16(23-22-15)12-26-7-4-8-27-17(13-26)11-18(24-27)20(28)19-5-6-21-25(19)3/h5-6,10-11,14,20,28H,4,7-9,12-13H2,1-3H3,(H,22,23)/t20-/m1/s1. The highest BCUT2D eigenvalue weighted by atomic mass is 16.3. The SMILES string of the molecule is CC(C)Cc1cc(CN2CCCn3nc([C@@H](O)c4ccnn4C)cc3C2)[nH]n1. The summed E-state index contributed by atoms with van der Waals surface area (Å²) in [5, 5.41) is 27.1. The third kappa shape index (κ3) is 4.02. The summed E-state index contributed by atoms with van der Waals surface area (Å²) in [6.07, 6.45) is 2.97. The van der Waals surface area contributed by atoms with Crippen molar-refractivity contribution in [3.8, 4) is 0 Å². The van der Waals surface area contributed by atoms with Crippen molar-refractivity contribution in [2.24, 2.45) is 13.0 Å². The van der Waals surface area contributed by atoms with Crippen LogP contribution in [0, 0.1) is 5.92 Å². The zero-order valence-electron chi connectivity index (χ0n) is 16.8. The van der Waals surface area contributed by atoms with Gasteiger partial charge in [0.15, 0.2) is 0 Å². The highest BCUT2D eigenvalue weighted by Gasteiger charge is 2.22. The van der Waals surface area contributed by atoms with Crippen LogP contribution in [-0.4, -0.2) is 46.3 Å². The molecule has 1 aliphatic heterocycles. The first-order valence-corrected chi connectivity index (χ1v) is 9.97. The molecule has 0 saturated carbocycles. The normalized spacial score (nSPS) is 16.3. The van der Waals surface area contributed by atoms with Gasteiger partial charge in [-0.1, -0.05) is 13.8 Å². The Hall–Kier alpha value is -2.45. The topological polar surface area (TPSA) is 87.8 Å². The summed E-state index contributed by atoms with van der Waals surface area (Å²) in [5.41, 5.74) is 4.85. The lowest BCUT2D eigenvalue weighted by Gasteiger charge is -2.18. The Labute approximate surface area is 165 Å². The lowest BCUT2D eigenvalue weighted by Crippen LogP contribution is -2.23. The minimum Gasteiger partial charge on any atom is -0.380 e. The van der Waals surface area contributed by atoms with E-state index in [-0.39, 0.29) is 0 Å². The van der Waals surface area contributed by atoms with Gasteiger partial charge in [-0.2, -0.15) is 15.3 Å². The highest BCUT2D eigenvalue weighted by molar-refractivity contribution is 5.22. The molecule has 0 bridgehead atoms. The number of fused-ring (bicyclic) bond motifs is 1. The molecule has 3 aromatic rings. The second kappa shape index (κ2) is 7.89. The quantitative estimate of drug-likeness (QED) is 0.680. The second-order valence-electron chi connectivity index (χ2n) is 8.11. The molecule has 0 spiro atoms. The summed E-state index contributed by atoms with van der Waals surface area (Å²) in [5.74, 6) is 0.605. The minimum atomic E-state index is -0.758. The Morgan fingerprint density at radius 2 is 2.11 bits per heavy atom. The maximum atomic E-state index is 10.7. The van der Waals surface area contributed by atoms with E-state index in [4.69, 9.17) is 0 Å². The van der Waals surface area contributed by atoms with E-state index in [0.717, 1.165) is 61.8 Å². The summed E-state index contributed by atoms with van der Waals surface area (Å²) >= 11 is 0. The van der Waals surface area contributed by atoms with Gasteiger partial charge in [0.25, 0.3) is 0 Å². The van der Waals surface area contributed by atoms with Crippen molar-refractivity contribution in [1.29, 1.82) is 0 Å². The first-order valence-electron chi connectivity index (χ1n) is 9.97. The Morgan fingerprint density at radius 1 is 1.25 bits per heavy atom. The van der Waals surface area contributed by atoms with E-state index in [9.17, 15) is 5.11 Å². The van der Waals surface area contributed by atoms with Crippen LogP contribution in [0.5, 0.6) is 0 Å². The molecule has 4 rings (SSSR count). The molecule has 0 saturated heterocycles. The van der Waals surface area contributed by atoms with E-state index in [1.807, 2.05) is 23.9 Å². The average Bonchev–Trinajstić information content (AvgIpc) is 3.33. The van der Waals surface area contributed by atoms with Crippen molar-refractivity contribution in [1.82, 2.24) is 34.7 Å². The van der Waals surface area contributed by atoms with E-state index in [2.05, 4.69) is 45.2 Å². The van der Waals surface area contributed by atoms with Gasteiger partial charge < -0.3 is 5.11 Å². The lowest BCUT2D eigenvalue weighted by molar-refractivity contribution is 0.203. The van der Waals surface area contributed by atoms with Crippen LogP contribution in [0.25, 0.3) is 0 Å². The fourth-order valence-corrected chi connectivity index (χ4v) is 3.88. The molecular formula is C20H29N7O. The zero-order valence-corrected chi connectivity index (χ0v) is 16.8. The molecule has 0 amide bonds. The van der Waals surface area contributed by atoms with E-state index >= 15 is 0 Å². The molecular weight excluding hydrogens is 354 g/mol. The van der Waals surface area contributed by atoms with Crippen molar-refractivity contribution in [3.63, 3.8) is 0 Å². The number of aliphatic hydroxyl groups excluding tert-OH is 1. The number of aryl methyl sites for hydroxylation is 2.